The molecule has 0 saturated carbocycles. The van der Waals surface area contributed by atoms with Crippen LogP contribution in [0.4, 0.5) is 5.69 Å². The summed E-state index contributed by atoms with van der Waals surface area (Å²) in [7, 11) is 0. The highest BCUT2D eigenvalue weighted by molar-refractivity contribution is 9.10. The van der Waals surface area contributed by atoms with E-state index in [1.54, 1.807) is 0 Å². The van der Waals surface area contributed by atoms with Gasteiger partial charge in [-0.15, -0.1) is 0 Å². The molecule has 1 aromatic rings. The molecule has 0 atom stereocenters. The third kappa shape index (κ3) is 3.05. The van der Waals surface area contributed by atoms with E-state index in [9.17, 15) is 5.26 Å². The lowest BCUT2D eigenvalue weighted by Gasteiger charge is -2.25. The van der Waals surface area contributed by atoms with Gasteiger partial charge in [0.05, 0.1) is 11.3 Å². The first-order chi connectivity index (χ1) is 8.52. The number of anilines is 1. The second-order valence-electron chi connectivity index (χ2n) is 5.78. The van der Waals surface area contributed by atoms with Crippen LogP contribution in [0.15, 0.2) is 22.7 Å². The van der Waals surface area contributed by atoms with Crippen LogP contribution in [0.3, 0.4) is 0 Å². The number of hydrogen-bond donors (Lipinski definition) is 0. The summed E-state index contributed by atoms with van der Waals surface area (Å²) in [5.74, 6) is 0. The zero-order chi connectivity index (χ0) is 13.2. The second-order valence-corrected chi connectivity index (χ2v) is 6.69. The summed E-state index contributed by atoms with van der Waals surface area (Å²) < 4.78 is 1.04. The van der Waals surface area contributed by atoms with Crippen LogP contribution in [0, 0.1) is 16.7 Å². The first kappa shape index (κ1) is 13.4. The fraction of sp³-hybridized carbons (Fsp3) is 0.533. The third-order valence-corrected chi connectivity index (χ3v) is 4.25. The van der Waals surface area contributed by atoms with E-state index in [2.05, 4.69) is 46.8 Å². The summed E-state index contributed by atoms with van der Waals surface area (Å²) in [4.78, 5) is 2.36. The molecule has 0 N–H and O–H groups in total. The molecule has 0 aliphatic carbocycles. The molecular weight excluding hydrogens is 288 g/mol. The molecule has 1 aromatic carbocycles. The summed E-state index contributed by atoms with van der Waals surface area (Å²) in [5, 5.41) is 9.22. The van der Waals surface area contributed by atoms with Crippen LogP contribution in [0.2, 0.25) is 0 Å². The first-order valence-corrected chi connectivity index (χ1v) is 7.26. The van der Waals surface area contributed by atoms with Gasteiger partial charge in [0.15, 0.2) is 0 Å². The Morgan fingerprint density at radius 1 is 1.28 bits per heavy atom. The van der Waals surface area contributed by atoms with E-state index in [1.807, 2.05) is 12.1 Å². The van der Waals surface area contributed by atoms with Crippen molar-refractivity contribution in [1.29, 1.82) is 5.26 Å². The predicted octanol–water partition coefficient (Wildman–Crippen LogP) is 4.34. The van der Waals surface area contributed by atoms with E-state index in [4.69, 9.17) is 0 Å². The molecule has 0 radical (unpaired) electrons. The van der Waals surface area contributed by atoms with Crippen molar-refractivity contribution in [1.82, 2.24) is 0 Å². The van der Waals surface area contributed by atoms with Crippen molar-refractivity contribution < 1.29 is 0 Å². The quantitative estimate of drug-likeness (QED) is 0.772. The van der Waals surface area contributed by atoms with Gasteiger partial charge in [-0.3, -0.25) is 0 Å². The summed E-state index contributed by atoms with van der Waals surface area (Å²) in [6.07, 6.45) is 3.65. The number of benzene rings is 1. The van der Waals surface area contributed by atoms with Gasteiger partial charge >= 0.3 is 0 Å². The maximum absolute atomic E-state index is 9.22. The SMILES string of the molecule is CC1(C)CCCN(c2cc(Br)ccc2C#N)CC1. The minimum Gasteiger partial charge on any atom is -0.370 e. The highest BCUT2D eigenvalue weighted by atomic mass is 79.9. The maximum atomic E-state index is 9.22. The van der Waals surface area contributed by atoms with E-state index in [1.165, 1.54) is 19.3 Å². The number of hydrogen-bond acceptors (Lipinski definition) is 2. The zero-order valence-electron chi connectivity index (χ0n) is 11.0. The number of halogens is 1. The average Bonchev–Trinajstić information content (AvgIpc) is 2.50. The Balaban J connectivity index is 2.26. The average molecular weight is 307 g/mol. The van der Waals surface area contributed by atoms with Crippen LogP contribution in [0.25, 0.3) is 0 Å². The minimum atomic E-state index is 0.424. The van der Waals surface area contributed by atoms with Crippen LogP contribution in [0.1, 0.15) is 38.7 Å². The molecule has 1 aliphatic rings. The highest BCUT2D eigenvalue weighted by Crippen LogP contribution is 2.33. The summed E-state index contributed by atoms with van der Waals surface area (Å²) >= 11 is 3.50. The maximum Gasteiger partial charge on any atom is 0.101 e. The zero-order valence-corrected chi connectivity index (χ0v) is 12.6. The van der Waals surface area contributed by atoms with Gasteiger partial charge < -0.3 is 4.90 Å². The lowest BCUT2D eigenvalue weighted by molar-refractivity contribution is 0.325. The van der Waals surface area contributed by atoms with Crippen LogP contribution in [-0.4, -0.2) is 13.1 Å². The molecule has 0 spiro atoms. The van der Waals surface area contributed by atoms with Crippen molar-refractivity contribution in [2.45, 2.75) is 33.1 Å². The van der Waals surface area contributed by atoms with Gasteiger partial charge in [0.2, 0.25) is 0 Å². The van der Waals surface area contributed by atoms with E-state index in [-0.39, 0.29) is 0 Å². The van der Waals surface area contributed by atoms with Crippen molar-refractivity contribution in [3.8, 4) is 6.07 Å². The summed E-state index contributed by atoms with van der Waals surface area (Å²) in [5.41, 5.74) is 2.27. The normalized spacial score (nSPS) is 19.1. The number of nitriles is 1. The predicted molar refractivity (Wildman–Crippen MR) is 78.7 cm³/mol. The van der Waals surface area contributed by atoms with Gasteiger partial charge in [0.25, 0.3) is 0 Å². The van der Waals surface area contributed by atoms with Crippen LogP contribution < -0.4 is 4.90 Å². The lowest BCUT2D eigenvalue weighted by Crippen LogP contribution is -2.25. The van der Waals surface area contributed by atoms with Crippen molar-refractivity contribution in [2.75, 3.05) is 18.0 Å². The standard InChI is InChI=1S/C15H19BrN2/c1-15(2)6-3-8-18(9-7-15)14-10-13(16)5-4-12(14)11-17/h4-5,10H,3,6-9H2,1-2H3. The Kier molecular flexibility index (Phi) is 3.97. The monoisotopic (exact) mass is 306 g/mol. The Morgan fingerprint density at radius 2 is 2.06 bits per heavy atom. The van der Waals surface area contributed by atoms with Crippen molar-refractivity contribution in [2.24, 2.45) is 5.41 Å². The molecule has 3 heteroatoms. The van der Waals surface area contributed by atoms with Gasteiger partial charge in [0.1, 0.15) is 6.07 Å². The molecular formula is C15H19BrN2. The Labute approximate surface area is 118 Å². The molecule has 0 aromatic heterocycles. The molecule has 2 rings (SSSR count). The van der Waals surface area contributed by atoms with Gasteiger partial charge in [-0.1, -0.05) is 29.8 Å². The highest BCUT2D eigenvalue weighted by Gasteiger charge is 2.24. The van der Waals surface area contributed by atoms with Crippen molar-refractivity contribution in [3.05, 3.63) is 28.2 Å². The third-order valence-electron chi connectivity index (χ3n) is 3.76. The molecule has 96 valence electrons. The summed E-state index contributed by atoms with van der Waals surface area (Å²) in [6.45, 7) is 6.76. The molecule has 0 bridgehead atoms. The Bertz CT molecular complexity index is 474. The summed E-state index contributed by atoms with van der Waals surface area (Å²) in [6, 6.07) is 8.20. The fourth-order valence-electron chi connectivity index (χ4n) is 2.52. The first-order valence-electron chi connectivity index (χ1n) is 6.46. The van der Waals surface area contributed by atoms with Crippen molar-refractivity contribution in [3.63, 3.8) is 0 Å². The lowest BCUT2D eigenvalue weighted by atomic mass is 9.85. The van der Waals surface area contributed by atoms with Gasteiger partial charge in [0, 0.05) is 17.6 Å². The van der Waals surface area contributed by atoms with Crippen molar-refractivity contribution >= 4 is 21.6 Å². The van der Waals surface area contributed by atoms with Crippen LogP contribution >= 0.6 is 15.9 Å². The second kappa shape index (κ2) is 5.32. The number of nitrogens with zero attached hydrogens (tertiary/aromatic N) is 2. The Morgan fingerprint density at radius 3 is 2.78 bits per heavy atom. The fourth-order valence-corrected chi connectivity index (χ4v) is 2.87. The van der Waals surface area contributed by atoms with Crippen LogP contribution in [0.5, 0.6) is 0 Å². The van der Waals surface area contributed by atoms with Gasteiger partial charge in [-0.2, -0.15) is 5.26 Å². The van der Waals surface area contributed by atoms with E-state index in [0.717, 1.165) is 28.8 Å². The van der Waals surface area contributed by atoms with E-state index < -0.39 is 0 Å². The Hall–Kier alpha value is -1.01. The molecule has 18 heavy (non-hydrogen) atoms. The molecule has 1 saturated heterocycles. The van der Waals surface area contributed by atoms with Gasteiger partial charge in [-0.25, -0.2) is 0 Å². The van der Waals surface area contributed by atoms with Crippen LogP contribution in [-0.2, 0) is 0 Å². The molecule has 0 amide bonds. The molecule has 1 fully saturated rings. The minimum absolute atomic E-state index is 0.424. The molecule has 0 unspecified atom stereocenters. The number of rotatable bonds is 1. The largest absolute Gasteiger partial charge is 0.370 e. The van der Waals surface area contributed by atoms with Gasteiger partial charge in [-0.05, 0) is 42.9 Å². The van der Waals surface area contributed by atoms with E-state index >= 15 is 0 Å². The molecule has 1 aliphatic heterocycles. The smallest absolute Gasteiger partial charge is 0.101 e. The van der Waals surface area contributed by atoms with E-state index in [0.29, 0.717) is 5.41 Å². The molecule has 2 nitrogen and oxygen atoms in total. The molecule has 1 heterocycles. The topological polar surface area (TPSA) is 27.0 Å².